The van der Waals surface area contributed by atoms with Crippen LogP contribution in [0.25, 0.3) is 0 Å². The fourth-order valence-corrected chi connectivity index (χ4v) is 2.52. The minimum atomic E-state index is -0.0525. The minimum absolute atomic E-state index is 0.0525. The molecule has 1 N–H and O–H groups in total. The highest BCUT2D eigenvalue weighted by Crippen LogP contribution is 2.37. The van der Waals surface area contributed by atoms with Crippen LogP contribution in [-0.4, -0.2) is 26.5 Å². The number of aryl methyl sites for hydroxylation is 1. The lowest BCUT2D eigenvalue weighted by atomic mass is 10.2. The molecule has 0 aliphatic rings. The first kappa shape index (κ1) is 15.8. The van der Waals surface area contributed by atoms with Crippen LogP contribution in [0.15, 0.2) is 22.9 Å². The van der Waals surface area contributed by atoms with E-state index in [0.29, 0.717) is 24.7 Å². The van der Waals surface area contributed by atoms with Crippen molar-refractivity contribution in [1.82, 2.24) is 14.8 Å². The Kier molecular flexibility index (Phi) is 5.58. The van der Waals surface area contributed by atoms with Crippen LogP contribution in [-0.2, 0) is 19.8 Å². The zero-order valence-electron chi connectivity index (χ0n) is 12.0. The molecular weight excluding hydrogens is 338 g/mol. The van der Waals surface area contributed by atoms with Crippen molar-refractivity contribution in [2.45, 2.75) is 33.6 Å². The summed E-state index contributed by atoms with van der Waals surface area (Å²) in [5, 5.41) is 13.4. The van der Waals surface area contributed by atoms with Crippen molar-refractivity contribution in [1.29, 1.82) is 0 Å². The van der Waals surface area contributed by atoms with Gasteiger partial charge in [-0.2, -0.15) is 5.10 Å². The van der Waals surface area contributed by atoms with Crippen molar-refractivity contribution in [3.63, 3.8) is 0 Å². The quantitative estimate of drug-likeness (QED) is 0.826. The largest absolute Gasteiger partial charge is 0.490 e. The van der Waals surface area contributed by atoms with E-state index in [1.54, 1.807) is 10.7 Å². The number of hydrogen-bond donors (Lipinski definition) is 1. The van der Waals surface area contributed by atoms with Gasteiger partial charge in [-0.05, 0) is 47.5 Å². The van der Waals surface area contributed by atoms with Crippen LogP contribution in [0.5, 0.6) is 11.5 Å². The van der Waals surface area contributed by atoms with Gasteiger partial charge < -0.3 is 14.6 Å². The molecule has 0 aliphatic heterocycles. The number of aromatic nitrogens is 3. The van der Waals surface area contributed by atoms with E-state index < -0.39 is 0 Å². The van der Waals surface area contributed by atoms with Crippen molar-refractivity contribution in [3.05, 3.63) is 34.3 Å². The molecule has 1 heterocycles. The lowest BCUT2D eigenvalue weighted by Gasteiger charge is -2.15. The van der Waals surface area contributed by atoms with Gasteiger partial charge in [0.05, 0.1) is 17.7 Å². The average Bonchev–Trinajstić information content (AvgIpc) is 2.94. The van der Waals surface area contributed by atoms with Crippen LogP contribution in [0.3, 0.4) is 0 Å². The standard InChI is InChI=1S/C14H18BrN3O3/c1-3-18-13(16-9-17-18)8-21-14-11(15)5-10(7-19)6-12(14)20-4-2/h5-6,9,19H,3-4,7-8H2,1-2H3. The highest BCUT2D eigenvalue weighted by Gasteiger charge is 2.13. The van der Waals surface area contributed by atoms with Gasteiger partial charge in [0.15, 0.2) is 17.3 Å². The van der Waals surface area contributed by atoms with Crippen molar-refractivity contribution in [2.24, 2.45) is 0 Å². The van der Waals surface area contributed by atoms with E-state index in [4.69, 9.17) is 9.47 Å². The van der Waals surface area contributed by atoms with Crippen molar-refractivity contribution in [2.75, 3.05) is 6.61 Å². The van der Waals surface area contributed by atoms with Gasteiger partial charge in [-0.25, -0.2) is 9.67 Å². The van der Waals surface area contributed by atoms with Crippen molar-refractivity contribution in [3.8, 4) is 11.5 Å². The van der Waals surface area contributed by atoms with Gasteiger partial charge in [0.2, 0.25) is 0 Å². The van der Waals surface area contributed by atoms with Crippen LogP contribution in [0.1, 0.15) is 25.2 Å². The topological polar surface area (TPSA) is 69.4 Å². The van der Waals surface area contributed by atoms with E-state index in [1.165, 1.54) is 6.33 Å². The fourth-order valence-electron chi connectivity index (χ4n) is 1.92. The Bertz CT molecular complexity index is 601. The van der Waals surface area contributed by atoms with E-state index in [1.807, 2.05) is 19.9 Å². The second-order valence-electron chi connectivity index (χ2n) is 4.28. The molecule has 0 spiro atoms. The predicted octanol–water partition coefficient (Wildman–Crippen LogP) is 2.53. The first-order chi connectivity index (χ1) is 10.2. The zero-order chi connectivity index (χ0) is 15.2. The Morgan fingerprint density at radius 3 is 2.76 bits per heavy atom. The smallest absolute Gasteiger partial charge is 0.176 e. The molecule has 2 rings (SSSR count). The number of hydrogen-bond acceptors (Lipinski definition) is 5. The average molecular weight is 356 g/mol. The molecule has 21 heavy (non-hydrogen) atoms. The molecule has 0 saturated carbocycles. The molecule has 1 aromatic carbocycles. The van der Waals surface area contributed by atoms with Gasteiger partial charge in [0, 0.05) is 6.54 Å². The molecule has 0 amide bonds. The van der Waals surface area contributed by atoms with Gasteiger partial charge >= 0.3 is 0 Å². The Morgan fingerprint density at radius 1 is 1.29 bits per heavy atom. The summed E-state index contributed by atoms with van der Waals surface area (Å²) < 4.78 is 13.9. The maximum absolute atomic E-state index is 9.26. The summed E-state index contributed by atoms with van der Waals surface area (Å²) in [5.74, 6) is 1.94. The SMILES string of the molecule is CCOc1cc(CO)cc(Br)c1OCc1ncnn1CC. The number of benzene rings is 1. The molecule has 0 aliphatic carbocycles. The Hall–Kier alpha value is -1.60. The summed E-state index contributed by atoms with van der Waals surface area (Å²) in [6.45, 7) is 5.39. The van der Waals surface area contributed by atoms with Crippen molar-refractivity contribution < 1.29 is 14.6 Å². The van der Waals surface area contributed by atoms with Gasteiger partial charge in [0.25, 0.3) is 0 Å². The number of halogens is 1. The van der Waals surface area contributed by atoms with Crippen LogP contribution in [0.2, 0.25) is 0 Å². The molecule has 0 fully saturated rings. The molecule has 6 nitrogen and oxygen atoms in total. The molecule has 0 unspecified atom stereocenters. The Morgan fingerprint density at radius 2 is 2.10 bits per heavy atom. The predicted molar refractivity (Wildman–Crippen MR) is 81.3 cm³/mol. The maximum Gasteiger partial charge on any atom is 0.176 e. The third-order valence-electron chi connectivity index (χ3n) is 2.89. The third-order valence-corrected chi connectivity index (χ3v) is 3.48. The molecule has 2 aromatic rings. The molecular formula is C14H18BrN3O3. The lowest BCUT2D eigenvalue weighted by Crippen LogP contribution is -2.08. The van der Waals surface area contributed by atoms with Gasteiger partial charge in [-0.1, -0.05) is 0 Å². The summed E-state index contributed by atoms with van der Waals surface area (Å²) in [7, 11) is 0. The zero-order valence-corrected chi connectivity index (χ0v) is 13.6. The van der Waals surface area contributed by atoms with E-state index >= 15 is 0 Å². The maximum atomic E-state index is 9.26. The first-order valence-corrected chi connectivity index (χ1v) is 7.54. The van der Waals surface area contributed by atoms with E-state index in [2.05, 4.69) is 26.0 Å². The highest BCUT2D eigenvalue weighted by molar-refractivity contribution is 9.10. The van der Waals surface area contributed by atoms with Gasteiger partial charge in [0.1, 0.15) is 12.9 Å². The number of nitrogens with zero attached hydrogens (tertiary/aromatic N) is 3. The third kappa shape index (κ3) is 3.74. The van der Waals surface area contributed by atoms with E-state index in [0.717, 1.165) is 22.4 Å². The Balaban J connectivity index is 2.22. The highest BCUT2D eigenvalue weighted by atomic mass is 79.9. The van der Waals surface area contributed by atoms with E-state index in [9.17, 15) is 5.11 Å². The van der Waals surface area contributed by atoms with Crippen LogP contribution in [0, 0.1) is 0 Å². The summed E-state index contributed by atoms with van der Waals surface area (Å²) >= 11 is 3.45. The molecule has 0 saturated heterocycles. The van der Waals surface area contributed by atoms with E-state index in [-0.39, 0.29) is 6.61 Å². The number of rotatable bonds is 7. The van der Waals surface area contributed by atoms with Gasteiger partial charge in [-0.3, -0.25) is 0 Å². The first-order valence-electron chi connectivity index (χ1n) is 6.75. The summed E-state index contributed by atoms with van der Waals surface area (Å²) in [6.07, 6.45) is 1.51. The van der Waals surface area contributed by atoms with Crippen LogP contribution < -0.4 is 9.47 Å². The normalized spacial score (nSPS) is 10.7. The van der Waals surface area contributed by atoms with Gasteiger partial charge in [-0.15, -0.1) is 0 Å². The second-order valence-corrected chi connectivity index (χ2v) is 5.13. The second kappa shape index (κ2) is 7.42. The molecule has 0 radical (unpaired) electrons. The lowest BCUT2D eigenvalue weighted by molar-refractivity contribution is 0.253. The van der Waals surface area contributed by atoms with Crippen LogP contribution in [0.4, 0.5) is 0 Å². The van der Waals surface area contributed by atoms with Crippen molar-refractivity contribution >= 4 is 15.9 Å². The number of aliphatic hydroxyl groups excluding tert-OH is 1. The molecule has 7 heteroatoms. The molecule has 1 aromatic heterocycles. The molecule has 0 bridgehead atoms. The fraction of sp³-hybridized carbons (Fsp3) is 0.429. The number of ether oxygens (including phenoxy) is 2. The molecule has 0 atom stereocenters. The summed E-state index contributed by atoms with van der Waals surface area (Å²) in [5.41, 5.74) is 0.759. The molecule has 114 valence electrons. The Labute approximate surface area is 131 Å². The summed E-state index contributed by atoms with van der Waals surface area (Å²) in [4.78, 5) is 4.17. The summed E-state index contributed by atoms with van der Waals surface area (Å²) in [6, 6.07) is 3.58. The van der Waals surface area contributed by atoms with Crippen LogP contribution >= 0.6 is 15.9 Å². The monoisotopic (exact) mass is 355 g/mol. The number of aliphatic hydroxyl groups is 1. The minimum Gasteiger partial charge on any atom is -0.490 e.